The molecule has 1 aromatic carbocycles. The van der Waals surface area contributed by atoms with Crippen LogP contribution in [0.1, 0.15) is 12.2 Å². The normalized spacial score (nSPS) is 18.2. The molecule has 152 valence electrons. The van der Waals surface area contributed by atoms with Crippen molar-refractivity contribution in [3.63, 3.8) is 0 Å². The van der Waals surface area contributed by atoms with E-state index in [1.165, 1.54) is 16.7 Å². The number of aromatic nitrogens is 3. The molecule has 1 aromatic heterocycles. The van der Waals surface area contributed by atoms with Gasteiger partial charge in [-0.1, -0.05) is 23.4 Å². The zero-order valence-corrected chi connectivity index (χ0v) is 17.9. The molecule has 2 aromatic rings. The summed E-state index contributed by atoms with van der Waals surface area (Å²) in [5.41, 5.74) is 0. The Morgan fingerprint density at radius 1 is 1.36 bits per heavy atom. The van der Waals surface area contributed by atoms with E-state index in [-0.39, 0.29) is 35.8 Å². The number of carbonyl (C=O) groups is 1. The molecule has 1 aliphatic heterocycles. The van der Waals surface area contributed by atoms with Crippen molar-refractivity contribution in [1.29, 1.82) is 0 Å². The Kier molecular flexibility index (Phi) is 6.51. The highest BCUT2D eigenvalue weighted by atomic mass is 35.5. The van der Waals surface area contributed by atoms with E-state index in [0.29, 0.717) is 28.2 Å². The van der Waals surface area contributed by atoms with E-state index < -0.39 is 9.84 Å². The van der Waals surface area contributed by atoms with E-state index in [1.54, 1.807) is 42.9 Å². The number of nitrogens with zero attached hydrogens (tertiary/aromatic N) is 4. The zero-order chi connectivity index (χ0) is 20.3. The molecule has 11 heteroatoms. The van der Waals surface area contributed by atoms with Crippen LogP contribution in [0.15, 0.2) is 29.4 Å². The first kappa shape index (κ1) is 20.9. The van der Waals surface area contributed by atoms with Crippen molar-refractivity contribution < 1.29 is 17.9 Å². The number of halogens is 1. The van der Waals surface area contributed by atoms with Gasteiger partial charge in [-0.05, 0) is 30.7 Å². The summed E-state index contributed by atoms with van der Waals surface area (Å²) in [6.07, 6.45) is 0.491. The maximum atomic E-state index is 12.4. The van der Waals surface area contributed by atoms with Gasteiger partial charge in [-0.15, -0.1) is 10.2 Å². The van der Waals surface area contributed by atoms with Gasteiger partial charge in [-0.25, -0.2) is 8.42 Å². The highest BCUT2D eigenvalue weighted by molar-refractivity contribution is 7.99. The molecular weight excluding hydrogens is 424 g/mol. The number of hydrogen-bond acceptors (Lipinski definition) is 7. The molecule has 1 atom stereocenters. The molecule has 8 nitrogen and oxygen atoms in total. The van der Waals surface area contributed by atoms with Crippen molar-refractivity contribution in [2.75, 3.05) is 24.3 Å². The minimum Gasteiger partial charge on any atom is -0.486 e. The van der Waals surface area contributed by atoms with Crippen LogP contribution in [0.25, 0.3) is 0 Å². The fourth-order valence-corrected chi connectivity index (χ4v) is 5.54. The summed E-state index contributed by atoms with van der Waals surface area (Å²) in [6.45, 7) is 0.236. The van der Waals surface area contributed by atoms with Crippen LogP contribution in [0.3, 0.4) is 0 Å². The molecule has 0 aliphatic carbocycles. The van der Waals surface area contributed by atoms with E-state index in [0.717, 1.165) is 0 Å². The fourth-order valence-electron chi connectivity index (χ4n) is 2.79. The number of hydrogen-bond donors (Lipinski definition) is 0. The van der Waals surface area contributed by atoms with Crippen molar-refractivity contribution in [2.45, 2.75) is 24.2 Å². The van der Waals surface area contributed by atoms with E-state index in [1.807, 2.05) is 0 Å². The van der Waals surface area contributed by atoms with Gasteiger partial charge < -0.3 is 14.2 Å². The molecule has 0 spiro atoms. The third kappa shape index (κ3) is 5.18. The summed E-state index contributed by atoms with van der Waals surface area (Å²) >= 11 is 7.11. The van der Waals surface area contributed by atoms with Gasteiger partial charge in [0.2, 0.25) is 5.91 Å². The Hall–Kier alpha value is -1.78. The van der Waals surface area contributed by atoms with Gasteiger partial charge in [0.15, 0.2) is 20.8 Å². The molecule has 0 N–H and O–H groups in total. The largest absolute Gasteiger partial charge is 0.486 e. The Morgan fingerprint density at radius 2 is 2.07 bits per heavy atom. The van der Waals surface area contributed by atoms with Crippen LogP contribution in [0.4, 0.5) is 0 Å². The zero-order valence-electron chi connectivity index (χ0n) is 15.5. The molecule has 1 aliphatic rings. The molecule has 0 saturated carbocycles. The average Bonchev–Trinajstić information content (AvgIpc) is 3.20. The Bertz CT molecular complexity index is 947. The van der Waals surface area contributed by atoms with Crippen LogP contribution in [0.2, 0.25) is 5.02 Å². The van der Waals surface area contributed by atoms with Gasteiger partial charge in [-0.2, -0.15) is 0 Å². The Balaban J connectivity index is 1.52. The van der Waals surface area contributed by atoms with Gasteiger partial charge >= 0.3 is 0 Å². The maximum absolute atomic E-state index is 12.4. The van der Waals surface area contributed by atoms with Crippen molar-refractivity contribution in [3.8, 4) is 5.75 Å². The molecule has 2 heterocycles. The fraction of sp³-hybridized carbons (Fsp3) is 0.471. The number of amides is 1. The highest BCUT2D eigenvalue weighted by Crippen LogP contribution is 2.21. The SMILES string of the molecule is CN(C(=O)CSc1nnc(COc2ccc(Cl)cc2)n1C)C1CCS(=O)(=O)C1. The first-order valence-corrected chi connectivity index (χ1v) is 11.8. The van der Waals surface area contributed by atoms with Gasteiger partial charge in [-0.3, -0.25) is 4.79 Å². The number of rotatable bonds is 7. The van der Waals surface area contributed by atoms with Gasteiger partial charge in [0.25, 0.3) is 0 Å². The van der Waals surface area contributed by atoms with Crippen LogP contribution in [0, 0.1) is 0 Å². The molecule has 1 unspecified atom stereocenters. The van der Waals surface area contributed by atoms with Gasteiger partial charge in [0, 0.05) is 25.2 Å². The molecule has 28 heavy (non-hydrogen) atoms. The monoisotopic (exact) mass is 444 g/mol. The molecule has 1 saturated heterocycles. The number of benzene rings is 1. The minimum atomic E-state index is -3.02. The summed E-state index contributed by atoms with van der Waals surface area (Å²) in [5.74, 6) is 1.51. The molecule has 1 fully saturated rings. The first-order chi connectivity index (χ1) is 13.2. The predicted molar refractivity (Wildman–Crippen MR) is 107 cm³/mol. The third-order valence-electron chi connectivity index (χ3n) is 4.58. The number of sulfone groups is 1. The second-order valence-electron chi connectivity index (χ2n) is 6.55. The molecular formula is C17H21ClN4O4S2. The summed E-state index contributed by atoms with van der Waals surface area (Å²) in [6, 6.07) is 6.78. The van der Waals surface area contributed by atoms with Crippen LogP contribution >= 0.6 is 23.4 Å². The van der Waals surface area contributed by atoms with Crippen molar-refractivity contribution in [2.24, 2.45) is 7.05 Å². The first-order valence-electron chi connectivity index (χ1n) is 8.61. The van der Waals surface area contributed by atoms with Crippen LogP contribution in [0.5, 0.6) is 5.75 Å². The number of carbonyl (C=O) groups excluding carboxylic acids is 1. The summed E-state index contributed by atoms with van der Waals surface area (Å²) in [5, 5.41) is 9.43. The van der Waals surface area contributed by atoms with Crippen LogP contribution in [-0.2, 0) is 28.3 Å². The quantitative estimate of drug-likeness (QED) is 0.601. The molecule has 0 bridgehead atoms. The maximum Gasteiger partial charge on any atom is 0.233 e. The molecule has 0 radical (unpaired) electrons. The molecule has 1 amide bonds. The Morgan fingerprint density at radius 3 is 2.71 bits per heavy atom. The highest BCUT2D eigenvalue weighted by Gasteiger charge is 2.32. The average molecular weight is 445 g/mol. The van der Waals surface area contributed by atoms with E-state index in [2.05, 4.69) is 10.2 Å². The van der Waals surface area contributed by atoms with E-state index >= 15 is 0 Å². The van der Waals surface area contributed by atoms with E-state index in [4.69, 9.17) is 16.3 Å². The molecule has 3 rings (SSSR count). The van der Waals surface area contributed by atoms with Crippen LogP contribution in [-0.4, -0.2) is 64.3 Å². The standard InChI is InChI=1S/C17H21ClN4O4S2/c1-21(13-7-8-28(24,25)11-13)16(23)10-27-17-20-19-15(22(17)2)9-26-14-5-3-12(18)4-6-14/h3-6,13H,7-11H2,1-2H3. The van der Waals surface area contributed by atoms with Crippen molar-refractivity contribution in [3.05, 3.63) is 35.1 Å². The predicted octanol–water partition coefficient (Wildman–Crippen LogP) is 1.79. The second-order valence-corrected chi connectivity index (χ2v) is 10.2. The summed E-state index contributed by atoms with van der Waals surface area (Å²) < 4.78 is 30.6. The summed E-state index contributed by atoms with van der Waals surface area (Å²) in [4.78, 5) is 13.9. The van der Waals surface area contributed by atoms with Crippen molar-refractivity contribution >= 4 is 39.1 Å². The second kappa shape index (κ2) is 8.71. The number of thioether (sulfide) groups is 1. The van der Waals surface area contributed by atoms with Gasteiger partial charge in [0.05, 0.1) is 17.3 Å². The van der Waals surface area contributed by atoms with Crippen molar-refractivity contribution in [1.82, 2.24) is 19.7 Å². The van der Waals surface area contributed by atoms with Crippen LogP contribution < -0.4 is 4.74 Å². The minimum absolute atomic E-state index is 0.0378. The Labute approximate surface area is 173 Å². The third-order valence-corrected chi connectivity index (χ3v) is 7.59. The lowest BCUT2D eigenvalue weighted by atomic mass is 10.2. The topological polar surface area (TPSA) is 94.4 Å². The lowest BCUT2D eigenvalue weighted by molar-refractivity contribution is -0.128. The smallest absolute Gasteiger partial charge is 0.233 e. The summed E-state index contributed by atoms with van der Waals surface area (Å²) in [7, 11) is 0.431. The van der Waals surface area contributed by atoms with E-state index in [9.17, 15) is 13.2 Å². The number of ether oxygens (including phenoxy) is 1. The lowest BCUT2D eigenvalue weighted by Crippen LogP contribution is -2.38. The van der Waals surface area contributed by atoms with Gasteiger partial charge in [0.1, 0.15) is 12.4 Å². The lowest BCUT2D eigenvalue weighted by Gasteiger charge is -2.23.